The first-order valence-corrected chi connectivity index (χ1v) is 18.4. The lowest BCUT2D eigenvalue weighted by atomic mass is 9.80. The van der Waals surface area contributed by atoms with Gasteiger partial charge in [-0.3, -0.25) is 9.59 Å². The number of esters is 5. The molecule has 4 aromatic carbocycles. The molecule has 14 N–H and O–H groups in total. The lowest BCUT2D eigenvalue weighted by Gasteiger charge is -2.40. The van der Waals surface area contributed by atoms with E-state index in [0.29, 0.717) is 12.1 Å². The van der Waals surface area contributed by atoms with Crippen LogP contribution >= 0.6 is 0 Å². The fraction of sp³-hybridized carbons (Fsp3) is 0.200. The number of cyclic esters (lactones) is 1. The van der Waals surface area contributed by atoms with Crippen LogP contribution in [0.4, 0.5) is 0 Å². The van der Waals surface area contributed by atoms with Crippen molar-refractivity contribution in [2.24, 2.45) is 5.92 Å². The molecule has 10 rings (SSSR count). The minimum atomic E-state index is -2.72. The van der Waals surface area contributed by atoms with Gasteiger partial charge in [0.15, 0.2) is 82.0 Å². The van der Waals surface area contributed by atoms with Crippen LogP contribution in [0, 0.1) is 5.92 Å². The predicted molar refractivity (Wildman–Crippen MR) is 199 cm³/mol. The number of aromatic hydroxyl groups is 12. The maximum absolute atomic E-state index is 14.9. The van der Waals surface area contributed by atoms with Crippen molar-refractivity contribution >= 4 is 41.2 Å². The Kier molecular flexibility index (Phi) is 8.75. The highest BCUT2D eigenvalue weighted by molar-refractivity contribution is 6.18. The van der Waals surface area contributed by atoms with Gasteiger partial charge in [-0.1, -0.05) is 0 Å². The number of rotatable bonds is 0. The van der Waals surface area contributed by atoms with E-state index in [2.05, 4.69) is 0 Å². The van der Waals surface area contributed by atoms with Gasteiger partial charge in [0.2, 0.25) is 23.0 Å². The number of phenolic OH excluding ortho intramolecular Hbond substituents is 12. The largest absolute Gasteiger partial charge is 0.504 e. The second-order valence-corrected chi connectivity index (χ2v) is 15.0. The number of ketones is 1. The van der Waals surface area contributed by atoms with Crippen LogP contribution in [-0.2, 0) is 33.3 Å². The Labute approximate surface area is 356 Å². The number of carbonyl (C=O) groups excluding carboxylic acids is 6. The number of fused-ring (bicyclic) bond motifs is 7. The minimum Gasteiger partial charge on any atom is -0.504 e. The van der Waals surface area contributed by atoms with E-state index in [0.717, 1.165) is 0 Å². The number of allylic oxidation sites excluding steroid dienone is 1. The number of hydrogen-bond acceptors (Lipinski definition) is 25. The van der Waals surface area contributed by atoms with Crippen molar-refractivity contribution in [2.75, 3.05) is 6.61 Å². The third-order valence-electron chi connectivity index (χ3n) is 11.5. The summed E-state index contributed by atoms with van der Waals surface area (Å²) < 4.78 is 27.9. The van der Waals surface area contributed by atoms with E-state index in [-0.39, 0.29) is 0 Å². The number of hydrogen-bond donors (Lipinski definition) is 14. The van der Waals surface area contributed by atoms with Crippen molar-refractivity contribution in [1.29, 1.82) is 0 Å². The maximum Gasteiger partial charge on any atom is 0.340 e. The number of aliphatic hydroxyl groups is 2. The number of aliphatic hydroxyl groups excluding tert-OH is 2. The van der Waals surface area contributed by atoms with Crippen molar-refractivity contribution < 1.29 is 124 Å². The van der Waals surface area contributed by atoms with E-state index >= 15 is 0 Å². The number of phenols is 12. The number of carbonyl (C=O) groups is 6. The molecule has 65 heavy (non-hydrogen) atoms. The molecule has 5 aliphatic heterocycles. The van der Waals surface area contributed by atoms with E-state index in [4.69, 9.17) is 23.7 Å². The molecule has 336 valence electrons. The van der Waals surface area contributed by atoms with Crippen LogP contribution in [0.5, 0.6) is 69.0 Å². The molecule has 5 heterocycles. The predicted octanol–water partition coefficient (Wildman–Crippen LogP) is 0.779. The monoisotopic (exact) mass is 906 g/mol. The van der Waals surface area contributed by atoms with Gasteiger partial charge in [-0.05, 0) is 12.1 Å². The van der Waals surface area contributed by atoms with Gasteiger partial charge in [0, 0.05) is 45.4 Å². The molecule has 0 radical (unpaired) electrons. The van der Waals surface area contributed by atoms with Gasteiger partial charge in [0.25, 0.3) is 0 Å². The average Bonchev–Trinajstić information content (AvgIpc) is 3.55. The molecular formula is C40H26O25. The number of Topliss-reactive ketones (excluding diaryl/α,β-unsaturated/α-hetero) is 1. The Morgan fingerprint density at radius 2 is 0.923 bits per heavy atom. The Bertz CT molecular complexity index is 3020. The van der Waals surface area contributed by atoms with E-state index in [1.54, 1.807) is 0 Å². The molecule has 6 atom stereocenters. The van der Waals surface area contributed by atoms with E-state index in [9.17, 15) is 100 Å². The van der Waals surface area contributed by atoms with E-state index < -0.39 is 221 Å². The zero-order valence-corrected chi connectivity index (χ0v) is 31.8. The maximum atomic E-state index is 14.9. The summed E-state index contributed by atoms with van der Waals surface area (Å²) in [5.41, 5.74) is -12.8. The van der Waals surface area contributed by atoms with Crippen molar-refractivity contribution in [1.82, 2.24) is 0 Å². The summed E-state index contributed by atoms with van der Waals surface area (Å²) in [4.78, 5) is 85.2. The van der Waals surface area contributed by atoms with Crippen molar-refractivity contribution in [2.45, 2.75) is 36.9 Å². The fourth-order valence-corrected chi connectivity index (χ4v) is 8.57. The summed E-state index contributed by atoms with van der Waals surface area (Å²) in [7, 11) is 0. The highest BCUT2D eigenvalue weighted by Gasteiger charge is 2.56. The molecule has 25 nitrogen and oxygen atoms in total. The average molecular weight is 907 g/mol. The molecule has 25 heteroatoms. The normalized spacial score (nSPS) is 23.3. The standard InChI is InChI=1S/C40H26O25/c41-8-2-7-14(21(8)44)15-18-16(27(50)31(54)26(15)49)17-19-20(29(52)32(55)28(17)51)30(53)34(64-40(19)60)35(65-39(18)59)33-11(62-37(7)57)4-61-36(56)5-1-9(42)22(45)24(47)12(5)13-6(38(58)63-33)3-10(43)23(46)25(13)48/h1,3,7,11,30,33-35,42-55H,2,4H2. The molecular weight excluding hydrogens is 880 g/mol. The third kappa shape index (κ3) is 5.47. The number of benzene rings is 4. The minimum absolute atomic E-state index is 0.361. The third-order valence-corrected chi connectivity index (χ3v) is 11.5. The zero-order valence-electron chi connectivity index (χ0n) is 31.8. The molecule has 6 aliphatic rings. The first-order chi connectivity index (χ1) is 30.6. The van der Waals surface area contributed by atoms with Crippen LogP contribution in [0.15, 0.2) is 17.9 Å². The quantitative estimate of drug-likeness (QED) is 0.0658. The summed E-state index contributed by atoms with van der Waals surface area (Å²) in [6.45, 7) is -1.44. The molecule has 1 aliphatic carbocycles. The topological polar surface area (TPSA) is 432 Å². The highest BCUT2D eigenvalue weighted by Crippen LogP contribution is 2.61. The molecule has 0 amide bonds. The molecule has 0 spiro atoms. The van der Waals surface area contributed by atoms with Gasteiger partial charge < -0.3 is 95.2 Å². The van der Waals surface area contributed by atoms with Gasteiger partial charge in [0.05, 0.1) is 28.2 Å². The van der Waals surface area contributed by atoms with Crippen LogP contribution in [0.3, 0.4) is 0 Å². The lowest BCUT2D eigenvalue weighted by molar-refractivity contribution is -0.180. The molecule has 4 aromatic rings. The van der Waals surface area contributed by atoms with Gasteiger partial charge in [-0.15, -0.1) is 0 Å². The first kappa shape index (κ1) is 41.4. The van der Waals surface area contributed by atoms with E-state index in [1.165, 1.54) is 0 Å². The van der Waals surface area contributed by atoms with Crippen LogP contribution < -0.4 is 0 Å². The molecule has 6 bridgehead atoms. The van der Waals surface area contributed by atoms with Gasteiger partial charge in [0.1, 0.15) is 12.7 Å². The summed E-state index contributed by atoms with van der Waals surface area (Å²) in [5.74, 6) is -31.6. The van der Waals surface area contributed by atoms with Crippen LogP contribution in [0.1, 0.15) is 65.1 Å². The van der Waals surface area contributed by atoms with Gasteiger partial charge in [-0.2, -0.15) is 0 Å². The van der Waals surface area contributed by atoms with Crippen molar-refractivity contribution in [3.8, 4) is 91.2 Å². The molecule has 6 unspecified atom stereocenters. The second kappa shape index (κ2) is 13.8. The lowest BCUT2D eigenvalue weighted by Crippen LogP contribution is -2.56. The zero-order chi connectivity index (χ0) is 47.1. The Morgan fingerprint density at radius 1 is 0.446 bits per heavy atom. The number of ether oxygens (including phenoxy) is 5. The Balaban J connectivity index is 1.40. The second-order valence-electron chi connectivity index (χ2n) is 15.0. The van der Waals surface area contributed by atoms with Crippen molar-refractivity contribution in [3.05, 3.63) is 51.3 Å². The smallest absolute Gasteiger partial charge is 0.340 e. The highest BCUT2D eigenvalue weighted by atomic mass is 16.6. The van der Waals surface area contributed by atoms with Crippen LogP contribution in [0.25, 0.3) is 27.8 Å². The molecule has 0 saturated heterocycles. The molecule has 0 fully saturated rings. The van der Waals surface area contributed by atoms with E-state index in [1.807, 2.05) is 0 Å². The summed E-state index contributed by atoms with van der Waals surface area (Å²) in [5, 5.41) is 155. The van der Waals surface area contributed by atoms with Crippen molar-refractivity contribution in [3.63, 3.8) is 0 Å². The fourth-order valence-electron chi connectivity index (χ4n) is 8.57. The molecule has 0 aromatic heterocycles. The van der Waals surface area contributed by atoms with Crippen LogP contribution in [0.2, 0.25) is 0 Å². The molecule has 0 saturated carbocycles. The Morgan fingerprint density at radius 3 is 1.52 bits per heavy atom. The summed E-state index contributed by atoms with van der Waals surface area (Å²) in [6, 6.07) is 0.798. The SMILES string of the molecule is O=C1CC2C(=O)OC3COC(=O)c4cc(O)c(O)c(O)c4-c4c(cc(O)c(O)c4O)C(=O)OC3C3OC(=O)c4c(c(O)c(O)c(O)c4-c4c(O)c(O)c(O)c5c4C(=O)OC3C5O)C2=C1O. The first-order valence-electron chi connectivity index (χ1n) is 18.4. The van der Waals surface area contributed by atoms with Gasteiger partial charge in [-0.25, -0.2) is 19.2 Å². The Hall–Kier alpha value is -9.00. The summed E-state index contributed by atoms with van der Waals surface area (Å²) >= 11 is 0. The van der Waals surface area contributed by atoms with Gasteiger partial charge >= 0.3 is 29.8 Å². The summed E-state index contributed by atoms with van der Waals surface area (Å²) in [6.07, 6.45) is -14.2. The van der Waals surface area contributed by atoms with Crippen LogP contribution in [-0.4, -0.2) is 138 Å².